The first-order chi connectivity index (χ1) is 14.9. The zero-order valence-corrected chi connectivity index (χ0v) is 17.9. The Hall–Kier alpha value is -2.44. The Morgan fingerprint density at radius 2 is 1.71 bits per heavy atom. The molecule has 31 heavy (non-hydrogen) atoms. The molecule has 3 aliphatic rings. The fourth-order valence-corrected chi connectivity index (χ4v) is 5.19. The van der Waals surface area contributed by atoms with Crippen molar-refractivity contribution < 1.29 is 18.7 Å². The van der Waals surface area contributed by atoms with Crippen LogP contribution in [0.2, 0.25) is 5.02 Å². The summed E-state index contributed by atoms with van der Waals surface area (Å²) in [6.07, 6.45) is 3.35. The molecule has 1 aliphatic carbocycles. The quantitative estimate of drug-likeness (QED) is 0.723. The molecule has 5 nitrogen and oxygen atoms in total. The Morgan fingerprint density at radius 1 is 1.00 bits per heavy atom. The maximum absolute atomic E-state index is 13.6. The number of ether oxygens (including phenoxy) is 1. The highest BCUT2D eigenvalue weighted by Crippen LogP contribution is 2.46. The number of benzene rings is 2. The Labute approximate surface area is 185 Å². The summed E-state index contributed by atoms with van der Waals surface area (Å²) in [6, 6.07) is 13.5. The van der Waals surface area contributed by atoms with Gasteiger partial charge in [-0.3, -0.25) is 9.59 Å². The molecule has 0 bridgehead atoms. The Morgan fingerprint density at radius 3 is 2.35 bits per heavy atom. The van der Waals surface area contributed by atoms with Gasteiger partial charge in [0, 0.05) is 17.3 Å². The third-order valence-corrected chi connectivity index (χ3v) is 7.26. The van der Waals surface area contributed by atoms with E-state index >= 15 is 0 Å². The average molecular weight is 443 g/mol. The molecule has 2 aromatic rings. The molecule has 2 amide bonds. The number of hydrogen-bond acceptors (Lipinski definition) is 3. The summed E-state index contributed by atoms with van der Waals surface area (Å²) in [5, 5.41) is 0.659. The maximum Gasteiger partial charge on any atom is 0.253 e. The molecule has 162 valence electrons. The summed E-state index contributed by atoms with van der Waals surface area (Å²) < 4.78 is 19.3. The van der Waals surface area contributed by atoms with Gasteiger partial charge in [0.1, 0.15) is 18.0 Å². The van der Waals surface area contributed by atoms with Gasteiger partial charge in [0.25, 0.3) is 5.91 Å². The van der Waals surface area contributed by atoms with Crippen LogP contribution in [0.1, 0.15) is 31.2 Å². The van der Waals surface area contributed by atoms with Gasteiger partial charge in [-0.25, -0.2) is 4.39 Å². The van der Waals surface area contributed by atoms with Crippen molar-refractivity contribution in [3.8, 4) is 0 Å². The summed E-state index contributed by atoms with van der Waals surface area (Å²) in [6.45, 7) is 1.36. The molecule has 1 spiro atoms. The fraction of sp³-hybridized carbons (Fsp3) is 0.417. The molecule has 1 saturated carbocycles. The van der Waals surface area contributed by atoms with Gasteiger partial charge in [-0.2, -0.15) is 0 Å². The van der Waals surface area contributed by atoms with E-state index in [0.29, 0.717) is 36.8 Å². The van der Waals surface area contributed by atoms with Crippen LogP contribution >= 0.6 is 11.6 Å². The fourth-order valence-electron chi connectivity index (χ4n) is 5.06. The minimum atomic E-state index is -0.594. The second-order valence-corrected chi connectivity index (χ2v) is 9.28. The number of morpholine rings is 1. The van der Waals surface area contributed by atoms with Crippen molar-refractivity contribution in [2.24, 2.45) is 0 Å². The normalized spacial score (nSPS) is 25.0. The first-order valence-electron chi connectivity index (χ1n) is 10.7. The number of carbonyl (C=O) groups is 2. The molecule has 2 aromatic carbocycles. The number of carbonyl (C=O) groups excluding carboxylic acids is 2. The van der Waals surface area contributed by atoms with E-state index in [1.54, 1.807) is 17.0 Å². The van der Waals surface area contributed by atoms with Crippen LogP contribution in [-0.2, 0) is 19.7 Å². The summed E-state index contributed by atoms with van der Waals surface area (Å²) in [5.74, 6) is -0.366. The second kappa shape index (κ2) is 7.61. The van der Waals surface area contributed by atoms with E-state index in [1.807, 2.05) is 29.2 Å². The number of hydrogen-bond donors (Lipinski definition) is 0. The van der Waals surface area contributed by atoms with Crippen molar-refractivity contribution in [2.45, 2.75) is 36.7 Å². The van der Waals surface area contributed by atoms with Crippen molar-refractivity contribution >= 4 is 29.1 Å². The zero-order chi connectivity index (χ0) is 21.6. The molecular weight excluding hydrogens is 419 g/mol. The SMILES string of the molecule is O=C1CO[C@@]2(CCN(C(=O)C3(c4ccc(Cl)cc4)CCC3)C2)CN1c1ccc(F)cc1. The van der Waals surface area contributed by atoms with E-state index in [4.69, 9.17) is 16.3 Å². The molecule has 0 aromatic heterocycles. The van der Waals surface area contributed by atoms with Crippen LogP contribution < -0.4 is 4.90 Å². The molecule has 3 fully saturated rings. The lowest BCUT2D eigenvalue weighted by Crippen LogP contribution is -2.57. The van der Waals surface area contributed by atoms with E-state index in [9.17, 15) is 14.0 Å². The summed E-state index contributed by atoms with van der Waals surface area (Å²) in [4.78, 5) is 29.7. The first-order valence-corrected chi connectivity index (χ1v) is 11.0. The van der Waals surface area contributed by atoms with Crippen molar-refractivity contribution in [1.29, 1.82) is 0 Å². The molecule has 0 radical (unpaired) electrons. The highest BCUT2D eigenvalue weighted by molar-refractivity contribution is 6.30. The number of halogens is 2. The third-order valence-electron chi connectivity index (χ3n) is 7.00. The lowest BCUT2D eigenvalue weighted by Gasteiger charge is -2.44. The van der Waals surface area contributed by atoms with Gasteiger partial charge >= 0.3 is 0 Å². The van der Waals surface area contributed by atoms with Crippen molar-refractivity contribution in [2.75, 3.05) is 31.1 Å². The molecule has 2 aliphatic heterocycles. The second-order valence-electron chi connectivity index (χ2n) is 8.85. The standard InChI is InChI=1S/C24H24ClFN2O3/c25-18-4-2-17(3-5-18)24(10-1-11-24)22(30)27-13-12-23(15-27)16-28(21(29)14-31-23)20-8-6-19(26)7-9-20/h2-9H,1,10-16H2/t23-/m1/s1. The topological polar surface area (TPSA) is 49.9 Å². The Bertz CT molecular complexity index is 1010. The number of nitrogens with zero attached hydrogens (tertiary/aromatic N) is 2. The van der Waals surface area contributed by atoms with Crippen LogP contribution in [0.4, 0.5) is 10.1 Å². The predicted molar refractivity (Wildman–Crippen MR) is 116 cm³/mol. The zero-order valence-electron chi connectivity index (χ0n) is 17.2. The van der Waals surface area contributed by atoms with Crippen LogP contribution in [-0.4, -0.2) is 48.6 Å². The van der Waals surface area contributed by atoms with Gasteiger partial charge in [0.15, 0.2) is 0 Å². The molecule has 1 atom stereocenters. The number of amides is 2. The van der Waals surface area contributed by atoms with Gasteiger partial charge in [0.2, 0.25) is 5.91 Å². The molecule has 2 heterocycles. The van der Waals surface area contributed by atoms with E-state index < -0.39 is 11.0 Å². The van der Waals surface area contributed by atoms with E-state index in [2.05, 4.69) is 0 Å². The van der Waals surface area contributed by atoms with E-state index in [0.717, 1.165) is 24.8 Å². The van der Waals surface area contributed by atoms with Crippen LogP contribution in [0, 0.1) is 5.82 Å². The van der Waals surface area contributed by atoms with Crippen LogP contribution in [0.15, 0.2) is 48.5 Å². The van der Waals surface area contributed by atoms with Gasteiger partial charge in [-0.15, -0.1) is 0 Å². The van der Waals surface area contributed by atoms with Crippen molar-refractivity contribution in [1.82, 2.24) is 4.90 Å². The molecule has 0 N–H and O–H groups in total. The first kappa shape index (κ1) is 20.5. The highest BCUT2D eigenvalue weighted by Gasteiger charge is 2.52. The number of rotatable bonds is 3. The monoisotopic (exact) mass is 442 g/mol. The third kappa shape index (κ3) is 3.52. The van der Waals surface area contributed by atoms with Gasteiger partial charge < -0.3 is 14.5 Å². The van der Waals surface area contributed by atoms with E-state index in [1.165, 1.54) is 12.1 Å². The summed E-state index contributed by atoms with van der Waals surface area (Å²) in [7, 11) is 0. The minimum absolute atomic E-state index is 0.0399. The lowest BCUT2D eigenvalue weighted by molar-refractivity contribution is -0.144. The lowest BCUT2D eigenvalue weighted by atomic mass is 9.63. The molecule has 2 saturated heterocycles. The number of likely N-dealkylation sites (tertiary alicyclic amines) is 1. The van der Waals surface area contributed by atoms with E-state index in [-0.39, 0.29) is 24.2 Å². The smallest absolute Gasteiger partial charge is 0.253 e. The molecule has 7 heteroatoms. The van der Waals surface area contributed by atoms with Crippen LogP contribution in [0.5, 0.6) is 0 Å². The Balaban J connectivity index is 1.35. The van der Waals surface area contributed by atoms with Crippen LogP contribution in [0.3, 0.4) is 0 Å². The Kier molecular flexibility index (Phi) is 5.02. The summed E-state index contributed by atoms with van der Waals surface area (Å²) >= 11 is 6.05. The van der Waals surface area contributed by atoms with Crippen molar-refractivity contribution in [3.05, 3.63) is 64.9 Å². The molecule has 5 rings (SSSR count). The van der Waals surface area contributed by atoms with Gasteiger partial charge in [-0.05, 0) is 61.2 Å². The highest BCUT2D eigenvalue weighted by atomic mass is 35.5. The van der Waals surface area contributed by atoms with Gasteiger partial charge in [-0.1, -0.05) is 30.2 Å². The average Bonchev–Trinajstić information content (AvgIpc) is 3.15. The summed E-state index contributed by atoms with van der Waals surface area (Å²) in [5.41, 5.74) is 0.581. The molecular formula is C24H24ClFN2O3. The maximum atomic E-state index is 13.6. The van der Waals surface area contributed by atoms with Crippen molar-refractivity contribution in [3.63, 3.8) is 0 Å². The predicted octanol–water partition coefficient (Wildman–Crippen LogP) is 3.94. The largest absolute Gasteiger partial charge is 0.361 e. The van der Waals surface area contributed by atoms with Gasteiger partial charge in [0.05, 0.1) is 18.5 Å². The minimum Gasteiger partial charge on any atom is -0.361 e. The number of anilines is 1. The molecule has 0 unspecified atom stereocenters. The van der Waals surface area contributed by atoms with Crippen LogP contribution in [0.25, 0.3) is 0 Å².